The zero-order chi connectivity index (χ0) is 12.2. The second-order valence-electron chi connectivity index (χ2n) is 5.67. The van der Waals surface area contributed by atoms with E-state index in [0.29, 0.717) is 11.3 Å². The molecule has 0 fully saturated rings. The molecule has 0 aliphatic carbocycles. The maximum atomic E-state index is 4.36. The van der Waals surface area contributed by atoms with Gasteiger partial charge in [0, 0.05) is 25.5 Å². The summed E-state index contributed by atoms with van der Waals surface area (Å²) in [5, 5.41) is 3.39. The van der Waals surface area contributed by atoms with Crippen LogP contribution in [0.1, 0.15) is 41.0 Å². The molecule has 0 amide bonds. The molecule has 0 bridgehead atoms. The third-order valence-corrected chi connectivity index (χ3v) is 2.94. The highest BCUT2D eigenvalue weighted by Crippen LogP contribution is 2.23. The molecule has 92 valence electrons. The smallest absolute Gasteiger partial charge is 0.202 e. The van der Waals surface area contributed by atoms with Gasteiger partial charge in [-0.15, -0.1) is 0 Å². The molecule has 1 heterocycles. The van der Waals surface area contributed by atoms with Crippen molar-refractivity contribution in [2.45, 2.75) is 47.6 Å². The van der Waals surface area contributed by atoms with Crippen LogP contribution in [-0.4, -0.2) is 16.1 Å². The Labute approximate surface area is 99.3 Å². The first-order valence-electron chi connectivity index (χ1n) is 6.19. The van der Waals surface area contributed by atoms with Crippen molar-refractivity contribution in [3.63, 3.8) is 0 Å². The van der Waals surface area contributed by atoms with E-state index >= 15 is 0 Å². The molecule has 1 N–H and O–H groups in total. The average Bonchev–Trinajstić information content (AvgIpc) is 2.61. The van der Waals surface area contributed by atoms with Crippen LogP contribution < -0.4 is 5.32 Å². The van der Waals surface area contributed by atoms with Crippen LogP contribution in [0.25, 0.3) is 0 Å². The minimum atomic E-state index is 0.328. The van der Waals surface area contributed by atoms with Crippen molar-refractivity contribution in [1.82, 2.24) is 9.55 Å². The van der Waals surface area contributed by atoms with Gasteiger partial charge >= 0.3 is 0 Å². The number of hydrogen-bond donors (Lipinski definition) is 1. The Morgan fingerprint density at radius 3 is 2.69 bits per heavy atom. The van der Waals surface area contributed by atoms with Crippen molar-refractivity contribution in [2.24, 2.45) is 11.3 Å². The number of rotatable bonds is 6. The van der Waals surface area contributed by atoms with Gasteiger partial charge in [0.1, 0.15) is 0 Å². The average molecular weight is 223 g/mol. The SMILES string of the molecule is CCC(C)(C)Cn1ccnc1NCC(C)C. The Morgan fingerprint density at radius 1 is 1.44 bits per heavy atom. The number of anilines is 1. The van der Waals surface area contributed by atoms with Gasteiger partial charge in [-0.1, -0.05) is 34.6 Å². The monoisotopic (exact) mass is 223 g/mol. The molecule has 1 aromatic rings. The Bertz CT molecular complexity index is 313. The largest absolute Gasteiger partial charge is 0.355 e. The van der Waals surface area contributed by atoms with E-state index in [4.69, 9.17) is 0 Å². The van der Waals surface area contributed by atoms with E-state index in [-0.39, 0.29) is 0 Å². The molecule has 3 heteroatoms. The highest BCUT2D eigenvalue weighted by Gasteiger charge is 2.17. The summed E-state index contributed by atoms with van der Waals surface area (Å²) in [6.07, 6.45) is 5.10. The lowest BCUT2D eigenvalue weighted by molar-refractivity contribution is 0.296. The maximum Gasteiger partial charge on any atom is 0.202 e. The highest BCUT2D eigenvalue weighted by molar-refractivity contribution is 5.25. The Balaban J connectivity index is 2.63. The number of nitrogens with one attached hydrogen (secondary N) is 1. The normalized spacial score (nSPS) is 12.1. The molecule has 0 saturated carbocycles. The van der Waals surface area contributed by atoms with E-state index in [0.717, 1.165) is 19.0 Å². The molecule has 1 aromatic heterocycles. The molecular weight excluding hydrogens is 198 g/mol. The van der Waals surface area contributed by atoms with Crippen LogP contribution in [-0.2, 0) is 6.54 Å². The summed E-state index contributed by atoms with van der Waals surface area (Å²) in [6.45, 7) is 13.2. The minimum absolute atomic E-state index is 0.328. The molecule has 0 unspecified atom stereocenters. The number of nitrogens with zero attached hydrogens (tertiary/aromatic N) is 2. The zero-order valence-electron chi connectivity index (χ0n) is 11.2. The van der Waals surface area contributed by atoms with Crippen molar-refractivity contribution in [2.75, 3.05) is 11.9 Å². The Morgan fingerprint density at radius 2 is 2.12 bits per heavy atom. The summed E-state index contributed by atoms with van der Waals surface area (Å²) in [4.78, 5) is 4.36. The molecule has 0 atom stereocenters. The van der Waals surface area contributed by atoms with E-state index in [1.54, 1.807) is 0 Å². The fraction of sp³-hybridized carbons (Fsp3) is 0.769. The van der Waals surface area contributed by atoms with Crippen LogP contribution in [0.5, 0.6) is 0 Å². The summed E-state index contributed by atoms with van der Waals surface area (Å²) in [5.41, 5.74) is 0.328. The van der Waals surface area contributed by atoms with Crippen LogP contribution >= 0.6 is 0 Å². The van der Waals surface area contributed by atoms with E-state index in [2.05, 4.69) is 55.7 Å². The first kappa shape index (κ1) is 13.1. The lowest BCUT2D eigenvalue weighted by Gasteiger charge is -2.24. The third kappa shape index (κ3) is 3.87. The second kappa shape index (κ2) is 5.37. The lowest BCUT2D eigenvalue weighted by Crippen LogP contribution is -2.20. The van der Waals surface area contributed by atoms with Crippen molar-refractivity contribution in [3.05, 3.63) is 12.4 Å². The molecule has 0 aliphatic heterocycles. The van der Waals surface area contributed by atoms with Gasteiger partial charge in [-0.3, -0.25) is 0 Å². The molecule has 16 heavy (non-hydrogen) atoms. The summed E-state index contributed by atoms with van der Waals surface area (Å²) >= 11 is 0. The number of hydrogen-bond acceptors (Lipinski definition) is 2. The minimum Gasteiger partial charge on any atom is -0.355 e. The van der Waals surface area contributed by atoms with Crippen molar-refractivity contribution >= 4 is 5.95 Å². The maximum absolute atomic E-state index is 4.36. The van der Waals surface area contributed by atoms with Gasteiger partial charge in [0.25, 0.3) is 0 Å². The van der Waals surface area contributed by atoms with Crippen molar-refractivity contribution in [3.8, 4) is 0 Å². The van der Waals surface area contributed by atoms with E-state index in [1.807, 2.05) is 6.20 Å². The molecule has 0 spiro atoms. The van der Waals surface area contributed by atoms with Crippen LogP contribution in [0.15, 0.2) is 12.4 Å². The second-order valence-corrected chi connectivity index (χ2v) is 5.67. The van der Waals surface area contributed by atoms with E-state index < -0.39 is 0 Å². The van der Waals surface area contributed by atoms with Crippen LogP contribution in [0.2, 0.25) is 0 Å². The van der Waals surface area contributed by atoms with Gasteiger partial charge in [0.2, 0.25) is 5.95 Å². The highest BCUT2D eigenvalue weighted by atomic mass is 15.2. The van der Waals surface area contributed by atoms with Crippen LogP contribution in [0.4, 0.5) is 5.95 Å². The molecule has 0 saturated heterocycles. The summed E-state index contributed by atoms with van der Waals surface area (Å²) < 4.78 is 2.21. The fourth-order valence-corrected chi connectivity index (χ4v) is 1.47. The van der Waals surface area contributed by atoms with Gasteiger partial charge in [-0.05, 0) is 17.8 Å². The van der Waals surface area contributed by atoms with Gasteiger partial charge in [-0.2, -0.15) is 0 Å². The number of aromatic nitrogens is 2. The topological polar surface area (TPSA) is 29.9 Å². The van der Waals surface area contributed by atoms with Gasteiger partial charge in [-0.25, -0.2) is 4.98 Å². The van der Waals surface area contributed by atoms with E-state index in [1.165, 1.54) is 6.42 Å². The molecule has 0 aliphatic rings. The van der Waals surface area contributed by atoms with Gasteiger partial charge < -0.3 is 9.88 Å². The summed E-state index contributed by atoms with van der Waals surface area (Å²) in [7, 11) is 0. The zero-order valence-corrected chi connectivity index (χ0v) is 11.2. The van der Waals surface area contributed by atoms with Crippen LogP contribution in [0.3, 0.4) is 0 Å². The molecule has 0 radical (unpaired) electrons. The van der Waals surface area contributed by atoms with Crippen molar-refractivity contribution < 1.29 is 0 Å². The third-order valence-electron chi connectivity index (χ3n) is 2.94. The quantitative estimate of drug-likeness (QED) is 0.801. The standard InChI is InChI=1S/C13H25N3/c1-6-13(4,5)10-16-8-7-14-12(16)15-9-11(2)3/h7-8,11H,6,9-10H2,1-5H3,(H,14,15). The lowest BCUT2D eigenvalue weighted by atomic mass is 9.90. The van der Waals surface area contributed by atoms with Gasteiger partial charge in [0.05, 0.1) is 0 Å². The summed E-state index contributed by atoms with van der Waals surface area (Å²) in [5.74, 6) is 1.64. The molecular formula is C13H25N3. The first-order chi connectivity index (χ1) is 7.44. The first-order valence-corrected chi connectivity index (χ1v) is 6.19. The molecule has 1 rings (SSSR count). The van der Waals surface area contributed by atoms with Gasteiger partial charge in [0.15, 0.2) is 0 Å². The number of imidazole rings is 1. The Hall–Kier alpha value is -0.990. The van der Waals surface area contributed by atoms with Crippen LogP contribution in [0, 0.1) is 11.3 Å². The predicted octanol–water partition coefficient (Wildman–Crippen LogP) is 3.39. The molecule has 3 nitrogen and oxygen atoms in total. The van der Waals surface area contributed by atoms with Crippen molar-refractivity contribution in [1.29, 1.82) is 0 Å². The molecule has 0 aromatic carbocycles. The summed E-state index contributed by atoms with van der Waals surface area (Å²) in [6, 6.07) is 0. The predicted molar refractivity (Wildman–Crippen MR) is 69.6 cm³/mol. The Kier molecular flexibility index (Phi) is 4.39. The fourth-order valence-electron chi connectivity index (χ4n) is 1.47. The van der Waals surface area contributed by atoms with E-state index in [9.17, 15) is 0 Å².